The van der Waals surface area contributed by atoms with Crippen LogP contribution in [0.15, 0.2) is 24.3 Å². The number of amides is 1. The van der Waals surface area contributed by atoms with Gasteiger partial charge in [0.15, 0.2) is 0 Å². The molecule has 2 aliphatic rings. The Morgan fingerprint density at radius 3 is 2.17 bits per heavy atom. The van der Waals surface area contributed by atoms with Gasteiger partial charge in [-0.05, 0) is 46.1 Å². The molecule has 2 aliphatic heterocycles. The van der Waals surface area contributed by atoms with Crippen LogP contribution in [0.2, 0.25) is 0 Å². The van der Waals surface area contributed by atoms with Crippen LogP contribution in [0.5, 0.6) is 0 Å². The van der Waals surface area contributed by atoms with Gasteiger partial charge in [-0.25, -0.2) is 4.79 Å². The molecule has 2 fully saturated rings. The smallest absolute Gasteiger partial charge is 0.410 e. The Morgan fingerprint density at radius 2 is 1.70 bits per heavy atom. The SMILES string of the molecule is Cc1ccc(C2(O)CC3CCC(C2)N3C(=O)OC(C)(C)C)cc1. The molecule has 2 heterocycles. The topological polar surface area (TPSA) is 49.8 Å². The summed E-state index contributed by atoms with van der Waals surface area (Å²) < 4.78 is 5.55. The van der Waals surface area contributed by atoms with Crippen LogP contribution in [0.25, 0.3) is 0 Å². The van der Waals surface area contributed by atoms with Gasteiger partial charge < -0.3 is 14.7 Å². The number of fused-ring (bicyclic) bond motifs is 2. The van der Waals surface area contributed by atoms with Crippen LogP contribution in [0.4, 0.5) is 4.79 Å². The summed E-state index contributed by atoms with van der Waals surface area (Å²) in [6, 6.07) is 8.23. The molecule has 0 saturated carbocycles. The highest BCUT2D eigenvalue weighted by atomic mass is 16.6. The molecular formula is C19H27NO3. The minimum absolute atomic E-state index is 0.0647. The first kappa shape index (κ1) is 16.3. The number of aliphatic hydroxyl groups is 1. The molecular weight excluding hydrogens is 290 g/mol. The molecule has 0 spiro atoms. The lowest BCUT2D eigenvalue weighted by molar-refractivity contribution is -0.0624. The molecule has 4 nitrogen and oxygen atoms in total. The van der Waals surface area contributed by atoms with E-state index in [1.165, 1.54) is 5.56 Å². The van der Waals surface area contributed by atoms with Crippen molar-refractivity contribution in [3.05, 3.63) is 35.4 Å². The Bertz CT molecular complexity index is 574. The highest BCUT2D eigenvalue weighted by molar-refractivity contribution is 5.69. The fraction of sp³-hybridized carbons (Fsp3) is 0.632. The van der Waals surface area contributed by atoms with Crippen molar-refractivity contribution in [2.45, 2.75) is 76.7 Å². The number of rotatable bonds is 1. The zero-order valence-electron chi connectivity index (χ0n) is 14.5. The van der Waals surface area contributed by atoms with Gasteiger partial charge in [-0.3, -0.25) is 0 Å². The number of nitrogens with zero attached hydrogens (tertiary/aromatic N) is 1. The van der Waals surface area contributed by atoms with Gasteiger partial charge in [0.1, 0.15) is 5.60 Å². The summed E-state index contributed by atoms with van der Waals surface area (Å²) in [5, 5.41) is 11.2. The normalized spacial score (nSPS) is 30.4. The van der Waals surface area contributed by atoms with Crippen LogP contribution in [-0.4, -0.2) is 33.8 Å². The second kappa shape index (κ2) is 5.52. The number of aryl methyl sites for hydroxylation is 1. The Hall–Kier alpha value is -1.55. The maximum absolute atomic E-state index is 12.5. The van der Waals surface area contributed by atoms with Gasteiger partial charge >= 0.3 is 6.09 Å². The monoisotopic (exact) mass is 317 g/mol. The molecule has 2 atom stereocenters. The maximum Gasteiger partial charge on any atom is 0.410 e. The van der Waals surface area contributed by atoms with Crippen molar-refractivity contribution in [3.8, 4) is 0 Å². The molecule has 1 N–H and O–H groups in total. The zero-order chi connectivity index (χ0) is 16.8. The van der Waals surface area contributed by atoms with E-state index >= 15 is 0 Å². The van der Waals surface area contributed by atoms with Crippen molar-refractivity contribution in [1.29, 1.82) is 0 Å². The largest absolute Gasteiger partial charge is 0.444 e. The minimum Gasteiger partial charge on any atom is -0.444 e. The molecule has 4 heteroatoms. The number of ether oxygens (including phenoxy) is 1. The molecule has 1 aromatic carbocycles. The molecule has 126 valence electrons. The molecule has 23 heavy (non-hydrogen) atoms. The van der Waals surface area contributed by atoms with Crippen LogP contribution < -0.4 is 0 Å². The van der Waals surface area contributed by atoms with E-state index in [0.29, 0.717) is 12.8 Å². The third-order valence-corrected chi connectivity index (χ3v) is 4.96. The van der Waals surface area contributed by atoms with Gasteiger partial charge in [0.25, 0.3) is 0 Å². The van der Waals surface area contributed by atoms with Gasteiger partial charge in [0.05, 0.1) is 5.60 Å². The molecule has 1 aromatic rings. The molecule has 2 unspecified atom stereocenters. The summed E-state index contributed by atoms with van der Waals surface area (Å²) in [4.78, 5) is 14.4. The van der Waals surface area contributed by atoms with Crippen LogP contribution >= 0.6 is 0 Å². The summed E-state index contributed by atoms with van der Waals surface area (Å²) in [7, 11) is 0. The number of carbonyl (C=O) groups is 1. The zero-order valence-corrected chi connectivity index (χ0v) is 14.5. The predicted molar refractivity (Wildman–Crippen MR) is 89.2 cm³/mol. The summed E-state index contributed by atoms with van der Waals surface area (Å²) in [6.07, 6.45) is 2.82. The molecule has 0 aromatic heterocycles. The van der Waals surface area contributed by atoms with Crippen molar-refractivity contribution < 1.29 is 14.6 Å². The average molecular weight is 317 g/mol. The fourth-order valence-corrected chi connectivity index (χ4v) is 3.94. The van der Waals surface area contributed by atoms with Crippen LogP contribution in [-0.2, 0) is 10.3 Å². The van der Waals surface area contributed by atoms with Crippen molar-refractivity contribution in [2.24, 2.45) is 0 Å². The third-order valence-electron chi connectivity index (χ3n) is 4.96. The quantitative estimate of drug-likeness (QED) is 0.858. The Labute approximate surface area is 138 Å². The lowest BCUT2D eigenvalue weighted by Crippen LogP contribution is -2.53. The molecule has 2 bridgehead atoms. The van der Waals surface area contributed by atoms with Gasteiger partial charge in [-0.2, -0.15) is 0 Å². The Kier molecular flexibility index (Phi) is 3.91. The number of benzene rings is 1. The second-order valence-electron chi connectivity index (χ2n) is 8.08. The van der Waals surface area contributed by atoms with Gasteiger partial charge in [-0.15, -0.1) is 0 Å². The van der Waals surface area contributed by atoms with E-state index in [-0.39, 0.29) is 18.2 Å². The van der Waals surface area contributed by atoms with Crippen molar-refractivity contribution in [1.82, 2.24) is 4.90 Å². The summed E-state index contributed by atoms with van der Waals surface area (Å²) in [5.74, 6) is 0. The van der Waals surface area contributed by atoms with Crippen LogP contribution in [0.1, 0.15) is 57.6 Å². The number of hydrogen-bond donors (Lipinski definition) is 1. The Morgan fingerprint density at radius 1 is 1.17 bits per heavy atom. The molecule has 2 saturated heterocycles. The van der Waals surface area contributed by atoms with Crippen LogP contribution in [0.3, 0.4) is 0 Å². The van der Waals surface area contributed by atoms with Crippen molar-refractivity contribution >= 4 is 6.09 Å². The molecule has 3 rings (SSSR count). The fourth-order valence-electron chi connectivity index (χ4n) is 3.94. The van der Waals surface area contributed by atoms with Gasteiger partial charge in [0.2, 0.25) is 0 Å². The summed E-state index contributed by atoms with van der Waals surface area (Å²) in [6.45, 7) is 7.71. The van der Waals surface area contributed by atoms with E-state index in [9.17, 15) is 9.90 Å². The van der Waals surface area contributed by atoms with Crippen LogP contribution in [0, 0.1) is 6.92 Å². The van der Waals surface area contributed by atoms with Gasteiger partial charge in [-0.1, -0.05) is 29.8 Å². The summed E-state index contributed by atoms with van der Waals surface area (Å²) >= 11 is 0. The van der Waals surface area contributed by atoms with Gasteiger partial charge in [0, 0.05) is 24.9 Å². The highest BCUT2D eigenvalue weighted by Crippen LogP contribution is 2.46. The average Bonchev–Trinajstić information content (AvgIpc) is 2.71. The standard InChI is InChI=1S/C19H27NO3/c1-13-5-7-14(8-6-13)19(22)11-15-9-10-16(12-19)20(15)17(21)23-18(2,3)4/h5-8,15-16,22H,9-12H2,1-4H3. The van der Waals surface area contributed by atoms with E-state index < -0.39 is 11.2 Å². The lowest BCUT2D eigenvalue weighted by Gasteiger charge is -2.44. The number of carbonyl (C=O) groups excluding carboxylic acids is 1. The minimum atomic E-state index is -0.835. The Balaban J connectivity index is 1.79. The first-order valence-electron chi connectivity index (χ1n) is 8.49. The van der Waals surface area contributed by atoms with E-state index in [1.807, 2.05) is 56.9 Å². The maximum atomic E-state index is 12.5. The molecule has 0 aliphatic carbocycles. The summed E-state index contributed by atoms with van der Waals surface area (Å²) in [5.41, 5.74) is 0.828. The molecule has 1 amide bonds. The number of piperidine rings is 1. The second-order valence-corrected chi connectivity index (χ2v) is 8.08. The third kappa shape index (κ3) is 3.23. The lowest BCUT2D eigenvalue weighted by atomic mass is 9.80. The van der Waals surface area contributed by atoms with E-state index in [2.05, 4.69) is 0 Å². The first-order valence-corrected chi connectivity index (χ1v) is 8.49. The predicted octanol–water partition coefficient (Wildman–Crippen LogP) is 3.74. The first-order chi connectivity index (χ1) is 10.7. The van der Waals surface area contributed by atoms with E-state index in [1.54, 1.807) is 0 Å². The number of hydrogen-bond acceptors (Lipinski definition) is 3. The van der Waals surface area contributed by atoms with E-state index in [4.69, 9.17) is 4.74 Å². The van der Waals surface area contributed by atoms with Crippen molar-refractivity contribution in [3.63, 3.8) is 0 Å². The highest BCUT2D eigenvalue weighted by Gasteiger charge is 2.50. The van der Waals surface area contributed by atoms with Crippen molar-refractivity contribution in [2.75, 3.05) is 0 Å². The van der Waals surface area contributed by atoms with E-state index in [0.717, 1.165) is 18.4 Å². The molecule has 0 radical (unpaired) electrons.